The third-order valence-electron chi connectivity index (χ3n) is 0.370. The van der Waals surface area contributed by atoms with Crippen LogP contribution in [0.2, 0.25) is 0 Å². The number of rotatable bonds is 1. The minimum atomic E-state index is 0.181. The molecule has 0 rings (SSSR count). The van der Waals surface area contributed by atoms with Crippen molar-refractivity contribution in [1.29, 1.82) is 0 Å². The smallest absolute Gasteiger partial charge is 0.197 e. The molecule has 4 nitrogen and oxygen atoms in total. The fourth-order valence-electron chi connectivity index (χ4n) is 0.0632. The fourth-order valence-corrected chi connectivity index (χ4v) is 0.0632. The molecule has 1 N–H and O–H groups in total. The Kier molecular flexibility index (Phi) is 2.11. The lowest BCUT2D eigenvalue weighted by Crippen LogP contribution is -1.95. The molecule has 0 saturated heterocycles. The first kappa shape index (κ1) is 5.20. The average Bonchev–Trinajstić information content (AvgIpc) is 1.65. The van der Waals surface area contributed by atoms with E-state index in [2.05, 4.69) is 5.28 Å². The molecule has 0 fully saturated rings. The lowest BCUT2D eigenvalue weighted by Gasteiger charge is -1.86. The summed E-state index contributed by atoms with van der Waals surface area (Å²) in [4.78, 5) is 0.181. The Bertz CT molecular complexity index is 60.6. The standard InChI is InChI=1S/C2H6N2O2/c1-2-4(6)3-5/h5H,2H2,1H3. The molecule has 0 bridgehead atoms. The predicted octanol–water partition coefficient (Wildman–Crippen LogP) is 0.358. The maximum absolute atomic E-state index is 9.68. The molecule has 0 aliphatic heterocycles. The van der Waals surface area contributed by atoms with Crippen LogP contribution in [0.3, 0.4) is 0 Å². The zero-order valence-corrected chi connectivity index (χ0v) is 3.46. The van der Waals surface area contributed by atoms with Gasteiger partial charge in [-0.25, -0.2) is 0 Å². The first-order chi connectivity index (χ1) is 2.81. The molecule has 4 heteroatoms. The van der Waals surface area contributed by atoms with E-state index in [1.807, 2.05) is 0 Å². The maximum atomic E-state index is 9.68. The Labute approximate surface area is 35.3 Å². The second kappa shape index (κ2) is 2.44. The molecule has 0 aromatic rings. The first-order valence-electron chi connectivity index (χ1n) is 1.61. The molecule has 0 spiro atoms. The second-order valence-electron chi connectivity index (χ2n) is 0.758. The van der Waals surface area contributed by atoms with Crippen molar-refractivity contribution in [2.45, 2.75) is 6.92 Å². The zero-order valence-electron chi connectivity index (χ0n) is 3.46. The van der Waals surface area contributed by atoms with Crippen LogP contribution in [0.4, 0.5) is 0 Å². The summed E-state index contributed by atoms with van der Waals surface area (Å²) in [5, 5.41) is 19.5. The molecule has 0 aromatic carbocycles. The van der Waals surface area contributed by atoms with Gasteiger partial charge in [-0.3, -0.25) is 0 Å². The molecule has 0 aliphatic rings. The highest BCUT2D eigenvalue weighted by atomic mass is 16.6. The summed E-state index contributed by atoms with van der Waals surface area (Å²) in [6, 6.07) is 0. The van der Waals surface area contributed by atoms with Gasteiger partial charge in [0.25, 0.3) is 0 Å². The van der Waals surface area contributed by atoms with E-state index in [1.165, 1.54) is 0 Å². The molecule has 0 heterocycles. The van der Waals surface area contributed by atoms with Crippen molar-refractivity contribution < 1.29 is 10.1 Å². The topological polar surface area (TPSA) is 58.7 Å². The van der Waals surface area contributed by atoms with Crippen molar-refractivity contribution in [2.24, 2.45) is 5.28 Å². The van der Waals surface area contributed by atoms with Gasteiger partial charge in [-0.15, -0.1) is 0 Å². The number of nitrogens with zero attached hydrogens (tertiary/aromatic N) is 2. The summed E-state index contributed by atoms with van der Waals surface area (Å²) in [5.74, 6) is 0. The Balaban J connectivity index is 3.22. The van der Waals surface area contributed by atoms with Crippen LogP contribution >= 0.6 is 0 Å². The van der Waals surface area contributed by atoms with E-state index in [1.54, 1.807) is 6.92 Å². The summed E-state index contributed by atoms with van der Waals surface area (Å²) >= 11 is 0. The van der Waals surface area contributed by atoms with Gasteiger partial charge in [0.2, 0.25) is 0 Å². The lowest BCUT2D eigenvalue weighted by atomic mass is 10.8. The molecule has 0 amide bonds. The summed E-state index contributed by atoms with van der Waals surface area (Å²) in [6.07, 6.45) is 0. The largest absolute Gasteiger partial charge is 0.597 e. The molecule has 6 heavy (non-hydrogen) atoms. The Morgan fingerprint density at radius 2 is 2.50 bits per heavy atom. The average molecular weight is 90.1 g/mol. The summed E-state index contributed by atoms with van der Waals surface area (Å²) < 4.78 is 0. The van der Waals surface area contributed by atoms with Gasteiger partial charge in [0.05, 0.1) is 0 Å². The summed E-state index contributed by atoms with van der Waals surface area (Å²) in [6.45, 7) is 1.78. The van der Waals surface area contributed by atoms with Crippen molar-refractivity contribution in [2.75, 3.05) is 6.54 Å². The van der Waals surface area contributed by atoms with Gasteiger partial charge in [0, 0.05) is 0 Å². The Hall–Kier alpha value is -0.800. The number of hydrogen-bond donors (Lipinski definition) is 1. The quantitative estimate of drug-likeness (QED) is 0.287. The van der Waals surface area contributed by atoms with Crippen LogP contribution < -0.4 is 0 Å². The summed E-state index contributed by atoms with van der Waals surface area (Å²) in [7, 11) is 0. The van der Waals surface area contributed by atoms with Crippen molar-refractivity contribution in [1.82, 2.24) is 0 Å². The highest BCUT2D eigenvalue weighted by Crippen LogP contribution is 1.65. The third-order valence-corrected chi connectivity index (χ3v) is 0.370. The van der Waals surface area contributed by atoms with Gasteiger partial charge >= 0.3 is 0 Å². The molecule has 0 saturated carbocycles. The molecule has 0 unspecified atom stereocenters. The van der Waals surface area contributed by atoms with Gasteiger partial charge in [0.15, 0.2) is 11.8 Å². The van der Waals surface area contributed by atoms with Crippen molar-refractivity contribution in [3.63, 3.8) is 0 Å². The van der Waals surface area contributed by atoms with E-state index >= 15 is 0 Å². The van der Waals surface area contributed by atoms with E-state index in [-0.39, 0.29) is 11.4 Å². The van der Waals surface area contributed by atoms with Gasteiger partial charge in [0.1, 0.15) is 0 Å². The maximum Gasteiger partial charge on any atom is 0.197 e. The minimum Gasteiger partial charge on any atom is -0.597 e. The minimum absolute atomic E-state index is 0.181. The molecule has 36 valence electrons. The fraction of sp³-hybridized carbons (Fsp3) is 1.00. The van der Waals surface area contributed by atoms with Crippen LogP contribution in [0.25, 0.3) is 0 Å². The highest BCUT2D eigenvalue weighted by molar-refractivity contribution is 4.00. The molecule has 0 aliphatic carbocycles. The molecule has 0 radical (unpaired) electrons. The lowest BCUT2D eigenvalue weighted by molar-refractivity contribution is -0.552. The number of hydrogen-bond acceptors (Lipinski definition) is 2. The normalized spacial score (nSPS) is 11.8. The molecular formula is C2H6N2O2. The second-order valence-corrected chi connectivity index (χ2v) is 0.758. The molecule has 0 atom stereocenters. The Morgan fingerprint density at radius 3 is 2.50 bits per heavy atom. The van der Waals surface area contributed by atoms with Gasteiger partial charge in [-0.2, -0.15) is 0 Å². The number of hydroxylamine groups is 1. The SMILES string of the molecule is CC[N+]([O-])=NO. The molecule has 0 aromatic heterocycles. The van der Waals surface area contributed by atoms with E-state index < -0.39 is 0 Å². The van der Waals surface area contributed by atoms with Crippen molar-refractivity contribution in [3.05, 3.63) is 5.21 Å². The van der Waals surface area contributed by atoms with Crippen molar-refractivity contribution >= 4 is 0 Å². The first-order valence-corrected chi connectivity index (χ1v) is 1.61. The van der Waals surface area contributed by atoms with Crippen LogP contribution in [0.1, 0.15) is 6.92 Å². The van der Waals surface area contributed by atoms with Crippen LogP contribution in [0, 0.1) is 5.21 Å². The monoisotopic (exact) mass is 90.0 g/mol. The Morgan fingerprint density at radius 1 is 2.00 bits per heavy atom. The van der Waals surface area contributed by atoms with Crippen LogP contribution in [-0.4, -0.2) is 16.6 Å². The zero-order chi connectivity index (χ0) is 4.99. The van der Waals surface area contributed by atoms with Crippen molar-refractivity contribution in [3.8, 4) is 0 Å². The highest BCUT2D eigenvalue weighted by Gasteiger charge is 1.78. The van der Waals surface area contributed by atoms with E-state index in [9.17, 15) is 5.21 Å². The third kappa shape index (κ3) is 1.51. The van der Waals surface area contributed by atoms with Crippen LogP contribution in [0.5, 0.6) is 0 Å². The van der Waals surface area contributed by atoms with E-state index in [0.29, 0.717) is 0 Å². The van der Waals surface area contributed by atoms with Gasteiger partial charge in [-0.05, 0) is 6.92 Å². The molecular weight excluding hydrogens is 84.0 g/mol. The van der Waals surface area contributed by atoms with Crippen LogP contribution in [-0.2, 0) is 0 Å². The van der Waals surface area contributed by atoms with Gasteiger partial charge < -0.3 is 10.4 Å². The van der Waals surface area contributed by atoms with E-state index in [4.69, 9.17) is 5.21 Å². The van der Waals surface area contributed by atoms with Crippen LogP contribution in [0.15, 0.2) is 5.28 Å². The summed E-state index contributed by atoms with van der Waals surface area (Å²) in [5.41, 5.74) is 0. The predicted molar refractivity (Wildman–Crippen MR) is 18.4 cm³/mol. The van der Waals surface area contributed by atoms with E-state index in [0.717, 1.165) is 0 Å². The van der Waals surface area contributed by atoms with Gasteiger partial charge in [-0.1, -0.05) is 4.86 Å².